The first-order valence-electron chi connectivity index (χ1n) is 30.3. The topological polar surface area (TPSA) is 297 Å². The zero-order valence-electron chi connectivity index (χ0n) is 56.5. The van der Waals surface area contributed by atoms with Gasteiger partial charge in [0.1, 0.15) is 66.0 Å². The Kier molecular flexibility index (Phi) is 40.0. The minimum absolute atomic E-state index is 0. The maximum atomic E-state index is 13.0. The van der Waals surface area contributed by atoms with Crippen molar-refractivity contribution in [3.63, 3.8) is 0 Å². The third-order valence-electron chi connectivity index (χ3n) is 11.7. The van der Waals surface area contributed by atoms with Crippen LogP contribution in [0, 0.1) is 0 Å². The van der Waals surface area contributed by atoms with E-state index in [1.807, 2.05) is 97.1 Å². The number of aryl methyl sites for hydroxylation is 2. The molecule has 0 radical (unpaired) electrons. The summed E-state index contributed by atoms with van der Waals surface area (Å²) in [4.78, 5) is 98.8. The number of amides is 6. The van der Waals surface area contributed by atoms with Crippen LogP contribution in [0.25, 0.3) is 0 Å². The Morgan fingerprint density at radius 3 is 1.21 bits per heavy atom. The Morgan fingerprint density at radius 1 is 0.489 bits per heavy atom. The van der Waals surface area contributed by atoms with Gasteiger partial charge in [0, 0.05) is 32.7 Å². The van der Waals surface area contributed by atoms with Crippen LogP contribution in [0.15, 0.2) is 121 Å². The smallest absolute Gasteiger partial charge is 0.424 e. The predicted molar refractivity (Wildman–Crippen MR) is 360 cm³/mol. The standard InChI is InChI=1S/C34H49N3O9.C20H26N2O3.C14H23NO6.CH4.ClH/c1-33(2,3)45-31(40)37(32(41)46-34(4,5)6)28(29(38)42-7)23-35-21-22-43-27-18-16-25(17-19-27)13-11-12-20-36-30(39)44-24-26-14-9-8-10-15-26;21-13-15-24-19-11-9-17(10-12-19)6-4-5-14-22-20(23)25-16-18-7-2-1-3-8-18;1-9(10(16)19-8)15(11(17)20-13(2,3)4)12(18)21-14(5,6)7;;/h8-10,14-19,28,35H,11-13,20-24H2,1-7H3,(H,36,39);1-3,7-12H,4-6,13-16,21H2,(H,22,23);1H2,2-8H3;1H4;1H. The molecule has 5 N–H and O–H groups in total. The van der Waals surface area contributed by atoms with Crippen LogP contribution in [0.4, 0.5) is 28.8 Å². The summed E-state index contributed by atoms with van der Waals surface area (Å²) in [5, 5.41) is 8.59. The molecule has 0 aromatic heterocycles. The van der Waals surface area contributed by atoms with Crippen LogP contribution in [0.1, 0.15) is 138 Å². The summed E-state index contributed by atoms with van der Waals surface area (Å²) in [5.74, 6) is -0.231. The predicted octanol–water partition coefficient (Wildman–Crippen LogP) is 12.8. The van der Waals surface area contributed by atoms with Crippen LogP contribution in [0.5, 0.6) is 11.5 Å². The monoisotopic (exact) mass is 1340 g/mol. The number of hydrogen-bond acceptors (Lipinski definition) is 20. The molecule has 4 rings (SSSR count). The largest absolute Gasteiger partial charge is 0.492 e. The molecule has 0 heterocycles. The quantitative estimate of drug-likeness (QED) is 0.0187. The highest BCUT2D eigenvalue weighted by molar-refractivity contribution is 6.00. The van der Waals surface area contributed by atoms with Crippen LogP contribution in [-0.2, 0) is 73.5 Å². The maximum Gasteiger partial charge on any atom is 0.424 e. The van der Waals surface area contributed by atoms with E-state index in [-0.39, 0.29) is 45.7 Å². The molecular formula is C69H103ClN6O18. The van der Waals surface area contributed by atoms with E-state index in [1.54, 1.807) is 83.1 Å². The van der Waals surface area contributed by atoms with Gasteiger partial charge in [0.15, 0.2) is 6.04 Å². The third kappa shape index (κ3) is 38.4. The van der Waals surface area contributed by atoms with Crippen molar-refractivity contribution in [1.29, 1.82) is 0 Å². The molecule has 94 heavy (non-hydrogen) atoms. The SMILES string of the molecule is C.C=C(C(=O)OC)N(C(=O)OC(C)(C)C)C(=O)OC(C)(C)C.COC(=O)C(CNCCOc1ccc(CCCCNC(=O)OCc2ccccc2)cc1)N(C(=O)OC(C)(C)C)C(=O)OC(C)(C)C.Cl.NCCOc1ccc(CCCCNC(=O)OCc2ccccc2)cc1. The van der Waals surface area contributed by atoms with Crippen molar-refractivity contribution >= 4 is 60.9 Å². The number of methoxy groups -OCH3 is 2. The molecule has 0 bridgehead atoms. The Balaban J connectivity index is 0.00000152. The maximum absolute atomic E-state index is 13.0. The lowest BCUT2D eigenvalue weighted by Crippen LogP contribution is -2.55. The molecule has 24 nitrogen and oxygen atoms in total. The number of halogens is 1. The summed E-state index contributed by atoms with van der Waals surface area (Å²) in [7, 11) is 2.28. The number of alkyl carbamates (subject to hydrolysis) is 2. The van der Waals surface area contributed by atoms with Crippen molar-refractivity contribution in [2.75, 3.05) is 60.2 Å². The van der Waals surface area contributed by atoms with Gasteiger partial charge in [0.2, 0.25) is 0 Å². The normalized spacial score (nSPS) is 11.1. The fourth-order valence-corrected chi connectivity index (χ4v) is 7.49. The molecule has 0 saturated carbocycles. The van der Waals surface area contributed by atoms with Crippen molar-refractivity contribution < 1.29 is 85.7 Å². The van der Waals surface area contributed by atoms with Gasteiger partial charge in [0.25, 0.3) is 0 Å². The summed E-state index contributed by atoms with van der Waals surface area (Å²) in [6.45, 7) is 26.2. The Labute approximate surface area is 561 Å². The zero-order chi connectivity index (χ0) is 68.9. The lowest BCUT2D eigenvalue weighted by molar-refractivity contribution is -0.146. The molecule has 0 spiro atoms. The zero-order valence-corrected chi connectivity index (χ0v) is 57.3. The first-order chi connectivity index (χ1) is 43.2. The van der Waals surface area contributed by atoms with Crippen LogP contribution in [-0.4, -0.2) is 147 Å². The van der Waals surface area contributed by atoms with Crippen molar-refractivity contribution in [2.45, 2.75) is 171 Å². The Hall–Kier alpha value is -8.61. The molecular weight excluding hydrogens is 1240 g/mol. The average molecular weight is 1340 g/mol. The van der Waals surface area contributed by atoms with Crippen molar-refractivity contribution in [3.05, 3.63) is 144 Å². The minimum atomic E-state index is -1.33. The van der Waals surface area contributed by atoms with E-state index in [4.69, 9.17) is 48.4 Å². The summed E-state index contributed by atoms with van der Waals surface area (Å²) >= 11 is 0. The third-order valence-corrected chi connectivity index (χ3v) is 11.7. The number of carbonyl (C=O) groups is 8. The van der Waals surface area contributed by atoms with Crippen molar-refractivity contribution in [1.82, 2.24) is 25.8 Å². The number of ether oxygens (including phenoxy) is 10. The van der Waals surface area contributed by atoms with E-state index in [0.717, 1.165) is 68.1 Å². The molecule has 0 aliphatic heterocycles. The molecule has 4 aromatic carbocycles. The molecule has 0 saturated heterocycles. The number of rotatable bonds is 27. The van der Waals surface area contributed by atoms with Gasteiger partial charge >= 0.3 is 48.5 Å². The lowest BCUT2D eigenvalue weighted by Gasteiger charge is -2.32. The van der Waals surface area contributed by atoms with Crippen LogP contribution >= 0.6 is 12.4 Å². The Morgan fingerprint density at radius 2 is 0.862 bits per heavy atom. The van der Waals surface area contributed by atoms with Crippen LogP contribution < -0.4 is 31.2 Å². The van der Waals surface area contributed by atoms with Gasteiger partial charge in [-0.15, -0.1) is 12.4 Å². The van der Waals surface area contributed by atoms with Gasteiger partial charge in [-0.2, -0.15) is 9.80 Å². The summed E-state index contributed by atoms with van der Waals surface area (Å²) in [5.41, 5.74) is 5.71. The van der Waals surface area contributed by atoms with Gasteiger partial charge < -0.3 is 69.1 Å². The molecule has 0 aliphatic rings. The number of imide groups is 2. The van der Waals surface area contributed by atoms with Crippen molar-refractivity contribution in [2.24, 2.45) is 5.73 Å². The fourth-order valence-electron chi connectivity index (χ4n) is 7.49. The van der Waals surface area contributed by atoms with Crippen LogP contribution in [0.2, 0.25) is 0 Å². The number of nitrogens with one attached hydrogen (secondary N) is 3. The number of unbranched alkanes of at least 4 members (excludes halogenated alkanes) is 2. The fraction of sp³-hybridized carbons (Fsp3) is 0.507. The highest BCUT2D eigenvalue weighted by Crippen LogP contribution is 2.21. The summed E-state index contributed by atoms with van der Waals surface area (Å²) < 4.78 is 51.9. The molecule has 4 aromatic rings. The second-order valence-electron chi connectivity index (χ2n) is 24.5. The van der Waals surface area contributed by atoms with Gasteiger partial charge in [-0.3, -0.25) is 0 Å². The van der Waals surface area contributed by atoms with E-state index in [2.05, 4.69) is 39.4 Å². The molecule has 1 unspecified atom stereocenters. The minimum Gasteiger partial charge on any atom is -0.492 e. The number of carbonyl (C=O) groups excluding carboxylic acids is 8. The summed E-state index contributed by atoms with van der Waals surface area (Å²) in [6, 6.07) is 33.6. The number of nitrogens with zero attached hydrogens (tertiary/aromatic N) is 2. The highest BCUT2D eigenvalue weighted by Gasteiger charge is 2.41. The van der Waals surface area contributed by atoms with Crippen LogP contribution in [0.3, 0.4) is 0 Å². The molecule has 25 heteroatoms. The number of hydrogen-bond donors (Lipinski definition) is 4. The number of esters is 2. The highest BCUT2D eigenvalue weighted by atomic mass is 35.5. The first kappa shape index (κ1) is 85.4. The van der Waals surface area contributed by atoms with E-state index < -0.39 is 76.5 Å². The molecule has 6 amide bonds. The molecule has 0 aliphatic carbocycles. The molecule has 0 fully saturated rings. The molecule has 524 valence electrons. The summed E-state index contributed by atoms with van der Waals surface area (Å²) in [6.07, 6.45) is 0.480. The van der Waals surface area contributed by atoms with Crippen molar-refractivity contribution in [3.8, 4) is 11.5 Å². The number of nitrogens with two attached hydrogens (primary N) is 1. The van der Waals surface area contributed by atoms with Gasteiger partial charge in [-0.05, 0) is 168 Å². The lowest BCUT2D eigenvalue weighted by atomic mass is 10.1. The van der Waals surface area contributed by atoms with E-state index >= 15 is 0 Å². The Bertz CT molecular complexity index is 2840. The van der Waals surface area contributed by atoms with E-state index in [0.29, 0.717) is 54.9 Å². The first-order valence-corrected chi connectivity index (χ1v) is 30.3. The van der Waals surface area contributed by atoms with E-state index in [9.17, 15) is 38.4 Å². The second-order valence-corrected chi connectivity index (χ2v) is 24.5. The van der Waals surface area contributed by atoms with Gasteiger partial charge in [-0.25, -0.2) is 38.4 Å². The van der Waals surface area contributed by atoms with Gasteiger partial charge in [-0.1, -0.05) is 98.9 Å². The second kappa shape index (κ2) is 44.1. The number of benzene rings is 4. The van der Waals surface area contributed by atoms with Gasteiger partial charge in [0.05, 0.1) is 14.2 Å². The average Bonchev–Trinajstić information content (AvgIpc) is 0.896. The molecule has 1 atom stereocenters. The van der Waals surface area contributed by atoms with E-state index in [1.165, 1.54) is 12.7 Å².